The number of hydrogen-bond donors (Lipinski definition) is 0. The van der Waals surface area contributed by atoms with Crippen molar-refractivity contribution >= 4 is 3.27 Å². The first-order valence-electron chi connectivity index (χ1n) is 7.69. The molecule has 4 heteroatoms. The van der Waals surface area contributed by atoms with Crippen LogP contribution in [0.25, 0.3) is 11.1 Å². The van der Waals surface area contributed by atoms with Crippen LogP contribution in [0, 0.1) is 0 Å². The quantitative estimate of drug-likeness (QED) is 0.472. The van der Waals surface area contributed by atoms with Crippen molar-refractivity contribution in [3.8, 4) is 16.9 Å². The van der Waals surface area contributed by atoms with Crippen LogP contribution in [-0.4, -0.2) is 7.11 Å². The molecular formula is C20H18Cl2OZr. The topological polar surface area (TPSA) is 9.23 Å². The predicted octanol–water partition coefficient (Wildman–Crippen LogP) is -1.78. The number of rotatable bonds is 3. The average Bonchev–Trinajstić information content (AvgIpc) is 3.12. The number of hydrogen-bond acceptors (Lipinski definition) is 1. The Morgan fingerprint density at radius 2 is 1.83 bits per heavy atom. The molecule has 0 fully saturated rings. The second kappa shape index (κ2) is 8.04. The Morgan fingerprint density at radius 3 is 2.54 bits per heavy atom. The van der Waals surface area contributed by atoms with E-state index in [1.165, 1.54) is 34.2 Å². The van der Waals surface area contributed by atoms with Crippen molar-refractivity contribution in [1.29, 1.82) is 0 Å². The molecule has 2 aromatic rings. The van der Waals surface area contributed by atoms with Crippen molar-refractivity contribution in [2.45, 2.75) is 19.8 Å². The zero-order valence-corrected chi connectivity index (χ0v) is 17.7. The van der Waals surface area contributed by atoms with E-state index >= 15 is 0 Å². The zero-order valence-electron chi connectivity index (χ0n) is 13.7. The van der Waals surface area contributed by atoms with Crippen molar-refractivity contribution in [2.75, 3.05) is 7.11 Å². The molecule has 0 saturated carbocycles. The van der Waals surface area contributed by atoms with Crippen LogP contribution in [0.3, 0.4) is 0 Å². The van der Waals surface area contributed by atoms with Gasteiger partial charge in [0.15, 0.2) is 0 Å². The summed E-state index contributed by atoms with van der Waals surface area (Å²) >= 11 is -0.702. The summed E-state index contributed by atoms with van der Waals surface area (Å²) in [6.45, 7) is 2.26. The van der Waals surface area contributed by atoms with E-state index in [2.05, 4.69) is 55.5 Å². The van der Waals surface area contributed by atoms with Crippen LogP contribution in [0.5, 0.6) is 5.75 Å². The van der Waals surface area contributed by atoms with Gasteiger partial charge in [-0.1, -0.05) is 0 Å². The van der Waals surface area contributed by atoms with Gasteiger partial charge >= 0.3 is 144 Å². The van der Waals surface area contributed by atoms with Gasteiger partial charge in [-0.3, -0.25) is 0 Å². The normalized spacial score (nSPS) is 13.6. The molecule has 2 aromatic carbocycles. The monoisotopic (exact) mass is 434 g/mol. The van der Waals surface area contributed by atoms with Gasteiger partial charge in [0, 0.05) is 0 Å². The molecule has 0 N–H and O–H groups in total. The Bertz CT molecular complexity index is 824. The van der Waals surface area contributed by atoms with Gasteiger partial charge in [0.25, 0.3) is 0 Å². The molecule has 1 nitrogen and oxygen atoms in total. The van der Waals surface area contributed by atoms with Gasteiger partial charge in [-0.2, -0.15) is 0 Å². The summed E-state index contributed by atoms with van der Waals surface area (Å²) in [7, 11) is 1.78. The smallest absolute Gasteiger partial charge is 1.00 e. The molecule has 24 heavy (non-hydrogen) atoms. The molecule has 0 aliphatic heterocycles. The Hall–Kier alpha value is -0.817. The number of halogens is 2. The SMILES string of the molecule is COc1cc[c]([Zr+2][C]2=C(C)C=CC2)c2c1-c1ccccc1C2.[Cl-].[Cl-]. The molecule has 0 heterocycles. The standard InChI is InChI=1S/C14H11O.C6H7.2ClH.Zr/c1-15-13-8-4-6-11-9-10-5-2-3-7-12(10)14(11)13;1-6-4-2-3-5-6;;;/h2-5,7-8H,9H2,1H3;2,4H,3H2,1H3;2*1H;/q;;;;+2/p-2. The maximum absolute atomic E-state index is 5.65. The Morgan fingerprint density at radius 1 is 1.04 bits per heavy atom. The van der Waals surface area contributed by atoms with E-state index < -0.39 is 23.2 Å². The molecule has 0 atom stereocenters. The molecule has 4 rings (SSSR count). The Balaban J connectivity index is 0.00000104. The second-order valence-corrected chi connectivity index (χ2v) is 9.32. The minimum absolute atomic E-state index is 0. The molecule has 0 aromatic heterocycles. The van der Waals surface area contributed by atoms with E-state index in [-0.39, 0.29) is 24.8 Å². The van der Waals surface area contributed by atoms with Crippen LogP contribution in [0.1, 0.15) is 24.5 Å². The van der Waals surface area contributed by atoms with Gasteiger partial charge in [0.2, 0.25) is 0 Å². The summed E-state index contributed by atoms with van der Waals surface area (Å²) in [5.74, 6) is 1.03. The third kappa shape index (κ3) is 3.29. The third-order valence-corrected chi connectivity index (χ3v) is 8.63. The minimum Gasteiger partial charge on any atom is -1.00 e. The predicted molar refractivity (Wildman–Crippen MR) is 87.3 cm³/mol. The number of benzene rings is 2. The van der Waals surface area contributed by atoms with Crippen molar-refractivity contribution in [2.24, 2.45) is 0 Å². The first-order chi connectivity index (χ1) is 10.8. The number of methoxy groups -OCH3 is 1. The molecule has 0 spiro atoms. The van der Waals surface area contributed by atoms with Gasteiger partial charge in [-0.25, -0.2) is 0 Å². The Kier molecular flexibility index (Phi) is 6.54. The number of fused-ring (bicyclic) bond motifs is 3. The van der Waals surface area contributed by atoms with Crippen LogP contribution in [0.15, 0.2) is 57.4 Å². The fraction of sp³-hybridized carbons (Fsp3) is 0.200. The summed E-state index contributed by atoms with van der Waals surface area (Å²) in [5.41, 5.74) is 7.19. The summed E-state index contributed by atoms with van der Waals surface area (Å²) < 4.78 is 8.99. The first-order valence-corrected chi connectivity index (χ1v) is 10.1. The van der Waals surface area contributed by atoms with E-state index in [0.29, 0.717) is 0 Å². The molecule has 0 amide bonds. The van der Waals surface area contributed by atoms with Gasteiger partial charge in [-0.05, 0) is 0 Å². The van der Waals surface area contributed by atoms with Crippen LogP contribution in [0.2, 0.25) is 0 Å². The maximum atomic E-state index is 5.65. The van der Waals surface area contributed by atoms with E-state index in [9.17, 15) is 0 Å². The van der Waals surface area contributed by atoms with Crippen LogP contribution in [0.4, 0.5) is 0 Å². The maximum Gasteiger partial charge on any atom is -1.00 e. The van der Waals surface area contributed by atoms with Crippen molar-refractivity contribution < 1.29 is 52.8 Å². The molecular weight excluding hydrogens is 418 g/mol. The van der Waals surface area contributed by atoms with Crippen molar-refractivity contribution in [3.05, 3.63) is 68.5 Å². The van der Waals surface area contributed by atoms with E-state index in [4.69, 9.17) is 4.74 Å². The first kappa shape index (κ1) is 19.5. The fourth-order valence-electron chi connectivity index (χ4n) is 3.43. The van der Waals surface area contributed by atoms with E-state index in [0.717, 1.165) is 12.2 Å². The van der Waals surface area contributed by atoms with Gasteiger partial charge in [0.05, 0.1) is 0 Å². The van der Waals surface area contributed by atoms with Gasteiger partial charge < -0.3 is 24.8 Å². The Labute approximate surface area is 167 Å². The molecule has 122 valence electrons. The van der Waals surface area contributed by atoms with Crippen molar-refractivity contribution in [3.63, 3.8) is 0 Å². The average molecular weight is 436 g/mol. The van der Waals surface area contributed by atoms with Crippen LogP contribution < -0.4 is 32.8 Å². The second-order valence-electron chi connectivity index (χ2n) is 5.90. The van der Waals surface area contributed by atoms with Crippen LogP contribution >= 0.6 is 0 Å². The molecule has 0 bridgehead atoms. The van der Waals surface area contributed by atoms with Crippen molar-refractivity contribution in [1.82, 2.24) is 0 Å². The van der Waals surface area contributed by atoms with Gasteiger partial charge in [-0.15, -0.1) is 0 Å². The minimum atomic E-state index is -0.702. The third-order valence-electron chi connectivity index (χ3n) is 4.60. The van der Waals surface area contributed by atoms with E-state index in [1.54, 1.807) is 13.7 Å². The van der Waals surface area contributed by atoms with E-state index in [1.807, 2.05) is 0 Å². The summed E-state index contributed by atoms with van der Waals surface area (Å²) in [6, 6.07) is 13.3. The number of ether oxygens (including phenoxy) is 1. The molecule has 2 aliphatic carbocycles. The van der Waals surface area contributed by atoms with Crippen LogP contribution in [-0.2, 0) is 29.7 Å². The number of allylic oxidation sites excluding steroid dienone is 4. The summed E-state index contributed by atoms with van der Waals surface area (Å²) in [6.07, 6.45) is 6.84. The van der Waals surface area contributed by atoms with Gasteiger partial charge in [0.1, 0.15) is 0 Å². The molecule has 0 saturated heterocycles. The summed E-state index contributed by atoms with van der Waals surface area (Å²) in [4.78, 5) is 0. The molecule has 0 radical (unpaired) electrons. The largest absolute Gasteiger partial charge is 1.00 e. The zero-order chi connectivity index (χ0) is 15.1. The molecule has 2 aliphatic rings. The molecule has 0 unspecified atom stereocenters. The summed E-state index contributed by atoms with van der Waals surface area (Å²) in [5, 5.41) is 0. The fourth-order valence-corrected chi connectivity index (χ4v) is 6.76.